The molecular weight excluding hydrogens is 461 g/mol. The molecule has 0 amide bonds. The van der Waals surface area contributed by atoms with Gasteiger partial charge < -0.3 is 4.52 Å². The van der Waals surface area contributed by atoms with Crippen LogP contribution < -0.4 is 10.0 Å². The van der Waals surface area contributed by atoms with E-state index in [1.165, 1.54) is 24.9 Å². The second kappa shape index (κ2) is 8.24. The van der Waals surface area contributed by atoms with E-state index in [0.717, 1.165) is 12.1 Å². The van der Waals surface area contributed by atoms with Crippen LogP contribution in [0.1, 0.15) is 12.5 Å². The fourth-order valence-corrected chi connectivity index (χ4v) is 5.46. The van der Waals surface area contributed by atoms with Crippen LogP contribution >= 0.6 is 30.6 Å². The lowest BCUT2D eigenvalue weighted by atomic mass is 10.2. The lowest BCUT2D eigenvalue weighted by Crippen LogP contribution is -2.20. The molecule has 0 radical (unpaired) electrons. The van der Waals surface area contributed by atoms with Crippen LogP contribution in [-0.2, 0) is 25.3 Å². The molecule has 2 aromatic carbocycles. The largest absolute Gasteiger partial charge is 0.417 e. The SMILES string of the molecule is CCOP(C)(=O)c1ccc(Cl)cc1NS(=O)(=O)c1ccc(Cl)c(C(F)(F)F)c1. The highest BCUT2D eigenvalue weighted by atomic mass is 35.5. The Morgan fingerprint density at radius 1 is 1.14 bits per heavy atom. The van der Waals surface area contributed by atoms with Gasteiger partial charge in [-0.05, 0) is 43.3 Å². The highest BCUT2D eigenvalue weighted by molar-refractivity contribution is 7.92. The molecular formula is C16H15Cl2F3NO4PS. The predicted octanol–water partition coefficient (Wildman–Crippen LogP) is 5.38. The van der Waals surface area contributed by atoms with Gasteiger partial charge in [-0.3, -0.25) is 9.29 Å². The van der Waals surface area contributed by atoms with Crippen LogP contribution in [-0.4, -0.2) is 21.7 Å². The number of alkyl halides is 3. The van der Waals surface area contributed by atoms with Crippen LogP contribution in [0.25, 0.3) is 0 Å². The van der Waals surface area contributed by atoms with Gasteiger partial charge in [0.2, 0.25) is 7.37 Å². The molecule has 1 unspecified atom stereocenters. The van der Waals surface area contributed by atoms with Gasteiger partial charge in [-0.1, -0.05) is 23.2 Å². The van der Waals surface area contributed by atoms with E-state index in [1.807, 2.05) is 0 Å². The second-order valence-electron chi connectivity index (χ2n) is 5.67. The first-order valence-electron chi connectivity index (χ1n) is 7.69. The highest BCUT2D eigenvalue weighted by Gasteiger charge is 2.35. The van der Waals surface area contributed by atoms with Crippen molar-refractivity contribution < 1.29 is 30.7 Å². The minimum atomic E-state index is -4.84. The molecule has 0 aliphatic carbocycles. The third-order valence-corrected chi connectivity index (χ3v) is 7.51. The third kappa shape index (κ3) is 5.21. The molecule has 2 aromatic rings. The molecule has 2 rings (SSSR count). The number of halogens is 5. The molecule has 28 heavy (non-hydrogen) atoms. The van der Waals surface area contributed by atoms with E-state index in [1.54, 1.807) is 6.92 Å². The summed E-state index contributed by atoms with van der Waals surface area (Å²) in [5.74, 6) is 0. The maximum absolute atomic E-state index is 13.0. The van der Waals surface area contributed by atoms with Crippen LogP contribution in [0.5, 0.6) is 0 Å². The summed E-state index contributed by atoms with van der Waals surface area (Å²) in [5.41, 5.74) is -1.45. The fraction of sp³-hybridized carbons (Fsp3) is 0.250. The average molecular weight is 476 g/mol. The van der Waals surface area contributed by atoms with E-state index >= 15 is 0 Å². The van der Waals surface area contributed by atoms with Gasteiger partial charge in [-0.15, -0.1) is 0 Å². The van der Waals surface area contributed by atoms with Gasteiger partial charge in [0.05, 0.1) is 33.1 Å². The molecule has 0 fully saturated rings. The molecule has 0 saturated heterocycles. The molecule has 0 aliphatic heterocycles. The number of sulfonamides is 1. The maximum atomic E-state index is 13.0. The summed E-state index contributed by atoms with van der Waals surface area (Å²) in [6, 6.07) is 6.11. The molecule has 0 bridgehead atoms. The number of hydrogen-bond donors (Lipinski definition) is 1. The van der Waals surface area contributed by atoms with Crippen LogP contribution in [0.15, 0.2) is 41.3 Å². The second-order valence-corrected chi connectivity index (χ2v) is 10.6. The minimum absolute atomic E-state index is 0.0346. The number of nitrogens with one attached hydrogen (secondary N) is 1. The van der Waals surface area contributed by atoms with Gasteiger partial charge in [0.1, 0.15) is 0 Å². The molecule has 0 aromatic heterocycles. The topological polar surface area (TPSA) is 72.5 Å². The van der Waals surface area contributed by atoms with Crippen molar-refractivity contribution in [2.45, 2.75) is 18.0 Å². The van der Waals surface area contributed by atoms with Crippen molar-refractivity contribution in [3.8, 4) is 0 Å². The van der Waals surface area contributed by atoms with Gasteiger partial charge in [0.15, 0.2) is 0 Å². The smallest absolute Gasteiger partial charge is 0.326 e. The van der Waals surface area contributed by atoms with Crippen molar-refractivity contribution in [3.05, 3.63) is 52.0 Å². The number of rotatable bonds is 6. The van der Waals surface area contributed by atoms with Crippen LogP contribution in [0.4, 0.5) is 18.9 Å². The summed E-state index contributed by atoms with van der Waals surface area (Å²) >= 11 is 11.4. The van der Waals surface area contributed by atoms with Crippen LogP contribution in [0, 0.1) is 0 Å². The zero-order chi connectivity index (χ0) is 21.3. The molecule has 154 valence electrons. The molecule has 0 saturated carbocycles. The third-order valence-electron chi connectivity index (χ3n) is 3.57. The standard InChI is InChI=1S/C16H15Cl2F3NO4PS/c1-3-26-27(2,23)15-7-4-10(17)8-14(15)22-28(24,25)11-5-6-13(18)12(9-11)16(19,20)21/h4-9,22H,3H2,1-2H3. The van der Waals surface area contributed by atoms with Gasteiger partial charge in [-0.25, -0.2) is 8.42 Å². The van der Waals surface area contributed by atoms with E-state index in [-0.39, 0.29) is 22.6 Å². The molecule has 1 N–H and O–H groups in total. The molecule has 0 aliphatic rings. The zero-order valence-corrected chi connectivity index (χ0v) is 17.8. The number of benzene rings is 2. The Kier molecular flexibility index (Phi) is 6.78. The molecule has 1 atom stereocenters. The summed E-state index contributed by atoms with van der Waals surface area (Å²) in [4.78, 5) is -0.669. The van der Waals surface area contributed by atoms with E-state index in [9.17, 15) is 26.2 Å². The van der Waals surface area contributed by atoms with E-state index < -0.39 is 39.0 Å². The van der Waals surface area contributed by atoms with Gasteiger partial charge in [-0.2, -0.15) is 13.2 Å². The molecule has 12 heteroatoms. The average Bonchev–Trinajstić information content (AvgIpc) is 2.53. The lowest BCUT2D eigenvalue weighted by Gasteiger charge is -2.19. The van der Waals surface area contributed by atoms with E-state index in [2.05, 4.69) is 4.72 Å². The quantitative estimate of drug-likeness (QED) is 0.569. The number of hydrogen-bond acceptors (Lipinski definition) is 4. The Labute approximate surface area is 170 Å². The Morgan fingerprint density at radius 2 is 1.79 bits per heavy atom. The predicted molar refractivity (Wildman–Crippen MR) is 104 cm³/mol. The lowest BCUT2D eigenvalue weighted by molar-refractivity contribution is -0.137. The summed E-state index contributed by atoms with van der Waals surface area (Å²) in [6.45, 7) is 3.01. The zero-order valence-electron chi connectivity index (χ0n) is 14.5. The van der Waals surface area contributed by atoms with Crippen molar-refractivity contribution in [3.63, 3.8) is 0 Å². The van der Waals surface area contributed by atoms with Gasteiger partial charge >= 0.3 is 6.18 Å². The first-order chi connectivity index (χ1) is 12.8. The molecule has 5 nitrogen and oxygen atoms in total. The van der Waals surface area contributed by atoms with Crippen molar-refractivity contribution in [1.29, 1.82) is 0 Å². The normalized spacial score (nSPS) is 14.5. The summed E-state index contributed by atoms with van der Waals surface area (Å²) in [6.07, 6.45) is -4.84. The van der Waals surface area contributed by atoms with Crippen LogP contribution in [0.3, 0.4) is 0 Å². The van der Waals surface area contributed by atoms with Crippen molar-refractivity contribution in [2.24, 2.45) is 0 Å². The maximum Gasteiger partial charge on any atom is 0.417 e. The van der Waals surface area contributed by atoms with Crippen LogP contribution in [0.2, 0.25) is 10.0 Å². The highest BCUT2D eigenvalue weighted by Crippen LogP contribution is 2.44. The first kappa shape index (κ1) is 23.0. The summed E-state index contributed by atoms with van der Waals surface area (Å²) in [7, 11) is -7.88. The Morgan fingerprint density at radius 3 is 2.36 bits per heavy atom. The Balaban J connectivity index is 2.54. The Hall–Kier alpha value is -1.25. The number of anilines is 1. The summed E-state index contributed by atoms with van der Waals surface area (Å²) in [5, 5.41) is -0.471. The van der Waals surface area contributed by atoms with Crippen molar-refractivity contribution in [1.82, 2.24) is 0 Å². The van der Waals surface area contributed by atoms with Crippen molar-refractivity contribution >= 4 is 51.6 Å². The Bertz CT molecular complexity index is 1040. The first-order valence-corrected chi connectivity index (χ1v) is 12.0. The van der Waals surface area contributed by atoms with Gasteiger partial charge in [0.25, 0.3) is 10.0 Å². The van der Waals surface area contributed by atoms with E-state index in [0.29, 0.717) is 6.07 Å². The summed E-state index contributed by atoms with van der Waals surface area (Å²) < 4.78 is 84.5. The fourth-order valence-electron chi connectivity index (χ4n) is 2.35. The molecule has 0 spiro atoms. The monoisotopic (exact) mass is 475 g/mol. The minimum Gasteiger partial charge on any atom is -0.326 e. The van der Waals surface area contributed by atoms with Gasteiger partial charge in [0, 0.05) is 11.7 Å². The van der Waals surface area contributed by atoms with Crippen molar-refractivity contribution in [2.75, 3.05) is 18.0 Å². The molecule has 0 heterocycles. The van der Waals surface area contributed by atoms with E-state index in [4.69, 9.17) is 27.7 Å².